The maximum absolute atomic E-state index is 9.36. The van der Waals surface area contributed by atoms with Crippen molar-refractivity contribution in [1.82, 2.24) is 0 Å². The van der Waals surface area contributed by atoms with Crippen LogP contribution in [-0.4, -0.2) is 10.2 Å². The van der Waals surface area contributed by atoms with Gasteiger partial charge < -0.3 is 10.2 Å². The zero-order valence-corrected chi connectivity index (χ0v) is 10.7. The second kappa shape index (κ2) is 8.18. The molecule has 2 rings (SSSR count). The van der Waals surface area contributed by atoms with E-state index in [0.29, 0.717) is 5.56 Å². The van der Waals surface area contributed by atoms with Gasteiger partial charge in [-0.2, -0.15) is 0 Å². The molecule has 2 aromatic carbocycles. The molecule has 0 bridgehead atoms. The summed E-state index contributed by atoms with van der Waals surface area (Å²) in [5.74, 6) is 0.395. The van der Waals surface area contributed by atoms with E-state index < -0.39 is 0 Å². The molecule has 2 heteroatoms. The Labute approximate surface area is 109 Å². The first kappa shape index (κ1) is 14.1. The fraction of sp³-hybridized carbons (Fsp3) is 0.250. The van der Waals surface area contributed by atoms with Crippen LogP contribution in [0.25, 0.3) is 0 Å². The van der Waals surface area contributed by atoms with Crippen LogP contribution in [0.4, 0.5) is 0 Å². The summed E-state index contributed by atoms with van der Waals surface area (Å²) in [4.78, 5) is 0. The quantitative estimate of drug-likeness (QED) is 0.852. The van der Waals surface area contributed by atoms with E-state index in [1.54, 1.807) is 18.2 Å². The molecule has 0 fully saturated rings. The van der Waals surface area contributed by atoms with Crippen molar-refractivity contribution < 1.29 is 10.2 Å². The summed E-state index contributed by atoms with van der Waals surface area (Å²) in [6, 6.07) is 16.8. The number of phenols is 2. The number of hydrogen-bond acceptors (Lipinski definition) is 2. The molecule has 0 amide bonds. The number of hydrogen-bond donors (Lipinski definition) is 2. The lowest BCUT2D eigenvalue weighted by molar-refractivity contribution is 0.436. The van der Waals surface area contributed by atoms with Gasteiger partial charge in [0.25, 0.3) is 0 Å². The molecular formula is C16H20O2. The summed E-state index contributed by atoms with van der Waals surface area (Å²) in [7, 11) is 0. The van der Waals surface area contributed by atoms with Gasteiger partial charge in [-0.05, 0) is 25.0 Å². The first-order valence-electron chi connectivity index (χ1n) is 6.25. The highest BCUT2D eigenvalue weighted by atomic mass is 16.3. The molecule has 0 radical (unpaired) electrons. The summed E-state index contributed by atoms with van der Waals surface area (Å²) in [6.45, 7) is 2.08. The third-order valence-electron chi connectivity index (χ3n) is 2.57. The maximum atomic E-state index is 9.36. The SMILES string of the molecule is CCCCc1c(O)cccc1O.c1ccccc1. The van der Waals surface area contributed by atoms with E-state index in [-0.39, 0.29) is 11.5 Å². The van der Waals surface area contributed by atoms with Gasteiger partial charge in [0, 0.05) is 5.56 Å². The molecular weight excluding hydrogens is 224 g/mol. The van der Waals surface area contributed by atoms with Gasteiger partial charge in [0.1, 0.15) is 11.5 Å². The molecule has 0 aliphatic carbocycles. The fourth-order valence-corrected chi connectivity index (χ4v) is 1.56. The summed E-state index contributed by atoms with van der Waals surface area (Å²) in [5, 5.41) is 18.7. The zero-order valence-electron chi connectivity index (χ0n) is 10.7. The van der Waals surface area contributed by atoms with Crippen molar-refractivity contribution in [2.75, 3.05) is 0 Å². The van der Waals surface area contributed by atoms with E-state index in [4.69, 9.17) is 0 Å². The lowest BCUT2D eigenvalue weighted by Gasteiger charge is -2.05. The molecule has 0 aliphatic rings. The van der Waals surface area contributed by atoms with E-state index in [0.717, 1.165) is 19.3 Å². The van der Waals surface area contributed by atoms with Crippen molar-refractivity contribution in [2.45, 2.75) is 26.2 Å². The molecule has 2 nitrogen and oxygen atoms in total. The van der Waals surface area contributed by atoms with Crippen molar-refractivity contribution in [3.05, 3.63) is 60.2 Å². The summed E-state index contributed by atoms with van der Waals surface area (Å²) >= 11 is 0. The fourth-order valence-electron chi connectivity index (χ4n) is 1.56. The van der Waals surface area contributed by atoms with Gasteiger partial charge in [-0.25, -0.2) is 0 Å². The number of phenolic OH excluding ortho intramolecular Hbond substituents is 2. The zero-order chi connectivity index (χ0) is 13.2. The number of benzene rings is 2. The minimum absolute atomic E-state index is 0.198. The molecule has 2 N–H and O–H groups in total. The second-order valence-electron chi connectivity index (χ2n) is 4.03. The molecule has 0 spiro atoms. The van der Waals surface area contributed by atoms with E-state index in [9.17, 15) is 10.2 Å². The predicted octanol–water partition coefficient (Wildman–Crippen LogP) is 4.13. The highest BCUT2D eigenvalue weighted by Gasteiger charge is 2.04. The van der Waals surface area contributed by atoms with Crippen LogP contribution in [0.3, 0.4) is 0 Å². The molecule has 0 aliphatic heterocycles. The number of unbranched alkanes of at least 4 members (excludes halogenated alkanes) is 1. The Morgan fingerprint density at radius 3 is 1.61 bits per heavy atom. The van der Waals surface area contributed by atoms with Gasteiger partial charge in [-0.3, -0.25) is 0 Å². The third kappa shape index (κ3) is 4.91. The predicted molar refractivity (Wildman–Crippen MR) is 74.8 cm³/mol. The van der Waals surface area contributed by atoms with Gasteiger partial charge in [0.15, 0.2) is 0 Å². The van der Waals surface area contributed by atoms with Gasteiger partial charge >= 0.3 is 0 Å². The minimum Gasteiger partial charge on any atom is -0.508 e. The van der Waals surface area contributed by atoms with Crippen LogP contribution in [0.1, 0.15) is 25.3 Å². The number of rotatable bonds is 3. The standard InChI is InChI=1S/C10H14O2.C6H6/c1-2-3-5-8-9(11)6-4-7-10(8)12;1-2-4-6-5-3-1/h4,6-7,11-12H,2-3,5H2,1H3;1-6H. The molecule has 0 saturated carbocycles. The van der Waals surface area contributed by atoms with Crippen molar-refractivity contribution in [3.8, 4) is 11.5 Å². The maximum Gasteiger partial charge on any atom is 0.122 e. The lowest BCUT2D eigenvalue weighted by Crippen LogP contribution is -1.86. The Kier molecular flexibility index (Phi) is 6.41. The van der Waals surface area contributed by atoms with Crippen molar-refractivity contribution in [3.63, 3.8) is 0 Å². The Balaban J connectivity index is 0.000000225. The topological polar surface area (TPSA) is 40.5 Å². The summed E-state index contributed by atoms with van der Waals surface area (Å²) in [5.41, 5.74) is 0.666. The van der Waals surface area contributed by atoms with Crippen LogP contribution in [0, 0.1) is 0 Å². The highest BCUT2D eigenvalue weighted by molar-refractivity contribution is 5.42. The summed E-state index contributed by atoms with van der Waals surface area (Å²) < 4.78 is 0. The van der Waals surface area contributed by atoms with Gasteiger partial charge in [-0.1, -0.05) is 55.8 Å². The Hall–Kier alpha value is -1.96. The molecule has 18 heavy (non-hydrogen) atoms. The average molecular weight is 244 g/mol. The lowest BCUT2D eigenvalue weighted by atomic mass is 10.1. The van der Waals surface area contributed by atoms with Crippen LogP contribution in [0.15, 0.2) is 54.6 Å². The number of aromatic hydroxyl groups is 2. The highest BCUT2D eigenvalue weighted by Crippen LogP contribution is 2.27. The Bertz CT molecular complexity index is 391. The van der Waals surface area contributed by atoms with Crippen LogP contribution >= 0.6 is 0 Å². The average Bonchev–Trinajstić information content (AvgIpc) is 2.41. The minimum atomic E-state index is 0.198. The molecule has 0 aromatic heterocycles. The van der Waals surface area contributed by atoms with Crippen LogP contribution < -0.4 is 0 Å². The molecule has 2 aromatic rings. The molecule has 0 unspecified atom stereocenters. The van der Waals surface area contributed by atoms with E-state index in [1.165, 1.54) is 0 Å². The third-order valence-corrected chi connectivity index (χ3v) is 2.57. The van der Waals surface area contributed by atoms with Crippen molar-refractivity contribution >= 4 is 0 Å². The van der Waals surface area contributed by atoms with E-state index >= 15 is 0 Å². The van der Waals surface area contributed by atoms with Crippen LogP contribution in [-0.2, 0) is 6.42 Å². The molecule has 0 heterocycles. The van der Waals surface area contributed by atoms with Crippen LogP contribution in [0.5, 0.6) is 11.5 Å². The largest absolute Gasteiger partial charge is 0.508 e. The van der Waals surface area contributed by atoms with Crippen molar-refractivity contribution in [2.24, 2.45) is 0 Å². The monoisotopic (exact) mass is 244 g/mol. The Morgan fingerprint density at radius 1 is 0.778 bits per heavy atom. The molecule has 0 atom stereocenters. The first-order valence-corrected chi connectivity index (χ1v) is 6.25. The summed E-state index contributed by atoms with van der Waals surface area (Å²) in [6.07, 6.45) is 2.80. The second-order valence-corrected chi connectivity index (χ2v) is 4.03. The van der Waals surface area contributed by atoms with Gasteiger partial charge in [0.05, 0.1) is 0 Å². The first-order chi connectivity index (χ1) is 8.75. The Morgan fingerprint density at radius 2 is 1.22 bits per heavy atom. The molecule has 96 valence electrons. The van der Waals surface area contributed by atoms with Crippen LogP contribution in [0.2, 0.25) is 0 Å². The van der Waals surface area contributed by atoms with Crippen molar-refractivity contribution in [1.29, 1.82) is 0 Å². The van der Waals surface area contributed by atoms with Gasteiger partial charge in [0.2, 0.25) is 0 Å². The normalized spacial score (nSPS) is 9.39. The van der Waals surface area contributed by atoms with Gasteiger partial charge in [-0.15, -0.1) is 0 Å². The smallest absolute Gasteiger partial charge is 0.122 e. The van der Waals surface area contributed by atoms with E-state index in [1.807, 2.05) is 36.4 Å². The molecule has 0 saturated heterocycles. The van der Waals surface area contributed by atoms with E-state index in [2.05, 4.69) is 6.92 Å².